The summed E-state index contributed by atoms with van der Waals surface area (Å²) in [6, 6.07) is 7.28. The van der Waals surface area contributed by atoms with Crippen LogP contribution in [-0.4, -0.2) is 49.6 Å². The summed E-state index contributed by atoms with van der Waals surface area (Å²) in [7, 11) is 0. The number of halogens is 1. The van der Waals surface area contributed by atoms with Gasteiger partial charge in [-0.1, -0.05) is 16.8 Å². The number of benzene rings is 1. The fourth-order valence-electron chi connectivity index (χ4n) is 2.78. The highest BCUT2D eigenvalue weighted by molar-refractivity contribution is 6.30. The Morgan fingerprint density at radius 1 is 1.39 bits per heavy atom. The lowest BCUT2D eigenvalue weighted by Gasteiger charge is -2.36. The molecule has 0 radical (unpaired) electrons. The van der Waals surface area contributed by atoms with E-state index in [1.807, 2.05) is 23.2 Å². The number of aromatic nitrogens is 3. The zero-order valence-electron chi connectivity index (χ0n) is 12.5. The van der Waals surface area contributed by atoms with Gasteiger partial charge in [-0.3, -0.25) is 9.69 Å². The Hall–Kier alpha value is -1.96. The molecule has 122 valence electrons. The Labute approximate surface area is 138 Å². The molecule has 1 atom stereocenters. The van der Waals surface area contributed by atoms with Gasteiger partial charge >= 0.3 is 0 Å². The van der Waals surface area contributed by atoms with Crippen LogP contribution in [0.15, 0.2) is 30.5 Å². The van der Waals surface area contributed by atoms with Crippen molar-refractivity contribution in [3.63, 3.8) is 0 Å². The van der Waals surface area contributed by atoms with Crippen LogP contribution in [0.3, 0.4) is 0 Å². The predicted octanol–water partition coefficient (Wildman–Crippen LogP) is 0.733. The zero-order chi connectivity index (χ0) is 16.4. The number of rotatable bonds is 4. The Bertz CT molecular complexity index is 702. The highest BCUT2D eigenvalue weighted by Crippen LogP contribution is 2.22. The van der Waals surface area contributed by atoms with Crippen molar-refractivity contribution in [3.8, 4) is 5.69 Å². The van der Waals surface area contributed by atoms with Crippen molar-refractivity contribution >= 4 is 17.5 Å². The van der Waals surface area contributed by atoms with Crippen molar-refractivity contribution in [2.24, 2.45) is 5.73 Å². The number of hydrogen-bond donors (Lipinski definition) is 2. The number of nitrogens with zero attached hydrogens (tertiary/aromatic N) is 4. The van der Waals surface area contributed by atoms with E-state index in [0.29, 0.717) is 24.4 Å². The fraction of sp³-hybridized carbons (Fsp3) is 0.400. The number of likely N-dealkylation sites (tertiary alicyclic amines) is 1. The van der Waals surface area contributed by atoms with E-state index in [2.05, 4.69) is 10.3 Å². The lowest BCUT2D eigenvalue weighted by Crippen LogP contribution is -2.55. The third-order valence-electron chi connectivity index (χ3n) is 4.03. The highest BCUT2D eigenvalue weighted by Gasteiger charge is 2.38. The summed E-state index contributed by atoms with van der Waals surface area (Å²) in [5.41, 5.74) is 5.46. The van der Waals surface area contributed by atoms with E-state index in [9.17, 15) is 9.90 Å². The Kier molecular flexibility index (Phi) is 4.34. The quantitative estimate of drug-likeness (QED) is 0.858. The first-order valence-electron chi connectivity index (χ1n) is 7.38. The maximum atomic E-state index is 11.4. The Morgan fingerprint density at radius 2 is 2.13 bits per heavy atom. The van der Waals surface area contributed by atoms with E-state index >= 15 is 0 Å². The maximum absolute atomic E-state index is 11.4. The molecule has 1 aromatic carbocycles. The van der Waals surface area contributed by atoms with Crippen molar-refractivity contribution in [2.75, 3.05) is 13.1 Å². The summed E-state index contributed by atoms with van der Waals surface area (Å²) in [5.74, 6) is -0.674. The minimum Gasteiger partial charge on any atom is -0.379 e. The molecule has 1 aromatic heterocycles. The van der Waals surface area contributed by atoms with Crippen LogP contribution in [0.5, 0.6) is 0 Å². The topological polar surface area (TPSA) is 97.3 Å². The molecule has 1 amide bonds. The monoisotopic (exact) mass is 335 g/mol. The van der Waals surface area contributed by atoms with E-state index in [-0.39, 0.29) is 6.54 Å². The first-order valence-corrected chi connectivity index (χ1v) is 7.76. The molecule has 2 aromatic rings. The molecule has 0 saturated carbocycles. The molecule has 0 aliphatic carbocycles. The van der Waals surface area contributed by atoms with E-state index in [0.717, 1.165) is 17.9 Å². The molecule has 7 nitrogen and oxygen atoms in total. The van der Waals surface area contributed by atoms with Gasteiger partial charge in [0.2, 0.25) is 0 Å². The smallest absolute Gasteiger partial charge is 0.250 e. The molecule has 0 spiro atoms. The highest BCUT2D eigenvalue weighted by atomic mass is 35.5. The number of hydrogen-bond acceptors (Lipinski definition) is 5. The molecule has 0 bridgehead atoms. The average Bonchev–Trinajstić information content (AvgIpc) is 2.96. The molecular weight excluding hydrogens is 318 g/mol. The standard InChI is InChI=1S/C15H18ClN5O2/c16-11-2-4-13(5-3-11)21-9-12(18-19-21)8-20-7-1-6-15(23,10-20)14(17)22/h2-5,9,23H,1,6-8,10H2,(H2,17,22)/t15-/m1/s1. The Balaban J connectivity index is 1.69. The maximum Gasteiger partial charge on any atom is 0.250 e. The lowest BCUT2D eigenvalue weighted by molar-refractivity contribution is -0.142. The van der Waals surface area contributed by atoms with Gasteiger partial charge in [-0.15, -0.1) is 5.10 Å². The number of primary amides is 1. The molecule has 1 fully saturated rings. The van der Waals surface area contributed by atoms with Gasteiger partial charge in [0.25, 0.3) is 5.91 Å². The molecule has 0 unspecified atom stereocenters. The molecule has 1 aliphatic rings. The van der Waals surface area contributed by atoms with Crippen LogP contribution in [0.4, 0.5) is 0 Å². The van der Waals surface area contributed by atoms with Gasteiger partial charge in [-0.25, -0.2) is 4.68 Å². The summed E-state index contributed by atoms with van der Waals surface area (Å²) in [6.07, 6.45) is 2.93. The van der Waals surface area contributed by atoms with Gasteiger partial charge in [0, 0.05) is 18.1 Å². The number of aliphatic hydroxyl groups is 1. The molecule has 2 heterocycles. The van der Waals surface area contributed by atoms with E-state index < -0.39 is 11.5 Å². The number of carbonyl (C=O) groups is 1. The van der Waals surface area contributed by atoms with Crippen LogP contribution in [-0.2, 0) is 11.3 Å². The number of carbonyl (C=O) groups excluding carboxylic acids is 1. The minimum absolute atomic E-state index is 0.218. The molecule has 3 N–H and O–H groups in total. The number of amides is 1. The number of β-amino-alcohol motifs (C(OH)–C–C–N with tert-alkyl or cyclic N) is 1. The van der Waals surface area contributed by atoms with Crippen LogP contribution in [0, 0.1) is 0 Å². The van der Waals surface area contributed by atoms with Gasteiger partial charge in [0.05, 0.1) is 17.6 Å². The third-order valence-corrected chi connectivity index (χ3v) is 4.28. The zero-order valence-corrected chi connectivity index (χ0v) is 13.3. The molecule has 23 heavy (non-hydrogen) atoms. The molecule has 1 aliphatic heterocycles. The predicted molar refractivity (Wildman–Crippen MR) is 85.0 cm³/mol. The first kappa shape index (κ1) is 15.9. The second-order valence-electron chi connectivity index (χ2n) is 5.84. The molecule has 3 rings (SSSR count). The van der Waals surface area contributed by atoms with Gasteiger partial charge < -0.3 is 10.8 Å². The largest absolute Gasteiger partial charge is 0.379 e. The second kappa shape index (κ2) is 6.27. The van der Waals surface area contributed by atoms with E-state index in [1.54, 1.807) is 16.8 Å². The number of nitrogens with two attached hydrogens (primary N) is 1. The second-order valence-corrected chi connectivity index (χ2v) is 6.28. The van der Waals surface area contributed by atoms with Crippen molar-refractivity contribution < 1.29 is 9.90 Å². The van der Waals surface area contributed by atoms with Gasteiger partial charge in [-0.05, 0) is 43.7 Å². The first-order chi connectivity index (χ1) is 11.0. The van der Waals surface area contributed by atoms with Crippen molar-refractivity contribution in [1.29, 1.82) is 0 Å². The molecule has 8 heteroatoms. The summed E-state index contributed by atoms with van der Waals surface area (Å²) in [4.78, 5) is 13.4. The van der Waals surface area contributed by atoms with E-state index in [1.165, 1.54) is 0 Å². The fourth-order valence-corrected chi connectivity index (χ4v) is 2.91. The Morgan fingerprint density at radius 3 is 2.83 bits per heavy atom. The van der Waals surface area contributed by atoms with E-state index in [4.69, 9.17) is 17.3 Å². The third kappa shape index (κ3) is 3.52. The van der Waals surface area contributed by atoms with Crippen LogP contribution in [0.1, 0.15) is 18.5 Å². The summed E-state index contributed by atoms with van der Waals surface area (Å²) >= 11 is 5.87. The van der Waals surface area contributed by atoms with Crippen molar-refractivity contribution in [2.45, 2.75) is 25.0 Å². The van der Waals surface area contributed by atoms with Crippen LogP contribution < -0.4 is 5.73 Å². The lowest BCUT2D eigenvalue weighted by atomic mass is 9.92. The van der Waals surface area contributed by atoms with Gasteiger partial charge in [0.15, 0.2) is 5.60 Å². The SMILES string of the molecule is NC(=O)[C@@]1(O)CCCN(Cc2cn(-c3ccc(Cl)cc3)nn2)C1. The van der Waals surface area contributed by atoms with Crippen molar-refractivity contribution in [1.82, 2.24) is 19.9 Å². The average molecular weight is 336 g/mol. The summed E-state index contributed by atoms with van der Waals surface area (Å²) in [6.45, 7) is 1.50. The van der Waals surface area contributed by atoms with Crippen LogP contribution in [0.25, 0.3) is 5.69 Å². The summed E-state index contributed by atoms with van der Waals surface area (Å²) < 4.78 is 1.66. The van der Waals surface area contributed by atoms with Crippen molar-refractivity contribution in [3.05, 3.63) is 41.2 Å². The van der Waals surface area contributed by atoms with Crippen LogP contribution >= 0.6 is 11.6 Å². The van der Waals surface area contributed by atoms with Gasteiger partial charge in [-0.2, -0.15) is 0 Å². The minimum atomic E-state index is -1.45. The normalized spacial score (nSPS) is 22.2. The van der Waals surface area contributed by atoms with Crippen LogP contribution in [0.2, 0.25) is 5.02 Å². The summed E-state index contributed by atoms with van der Waals surface area (Å²) in [5, 5.41) is 19.1. The molecule has 1 saturated heterocycles. The number of piperidine rings is 1. The van der Waals surface area contributed by atoms with Gasteiger partial charge in [0.1, 0.15) is 0 Å². The molecular formula is C15H18ClN5O2.